The Bertz CT molecular complexity index is 1240. The van der Waals surface area contributed by atoms with Gasteiger partial charge >= 0.3 is 29.6 Å². The van der Waals surface area contributed by atoms with Gasteiger partial charge in [-0.05, 0) is 76.5 Å². The molecule has 6 heterocycles. The molecule has 0 bridgehead atoms. The van der Waals surface area contributed by atoms with Gasteiger partial charge in [0.15, 0.2) is 11.6 Å². The number of carboxylic acid groups (broad SMARTS) is 1. The number of ether oxygens (including phenoxy) is 7. The van der Waals surface area contributed by atoms with E-state index in [1.165, 1.54) is 0 Å². The normalized spacial score (nSPS) is 53.2. The van der Waals surface area contributed by atoms with Crippen molar-refractivity contribution in [3.8, 4) is 0 Å². The maximum Gasteiger partial charge on any atom is 1.00 e. The number of methoxy groups -OCH3 is 1. The molecule has 6 rings (SSSR count). The average Bonchev–Trinajstić information content (AvgIpc) is 3.75. The van der Waals surface area contributed by atoms with Crippen molar-refractivity contribution in [3.63, 3.8) is 0 Å². The van der Waals surface area contributed by atoms with E-state index in [1.54, 1.807) is 14.0 Å². The molecule has 6 saturated heterocycles. The number of aliphatic carboxylic acids is 1. The predicted octanol–water partition coefficient (Wildman–Crippen LogP) is 1.37. The minimum atomic E-state index is -1.55. The minimum absolute atomic E-state index is 0. The topological polar surface area (TPSA) is 145 Å². The molecule has 11 nitrogen and oxygen atoms in total. The molecule has 294 valence electrons. The van der Waals surface area contributed by atoms with Gasteiger partial charge in [-0.25, -0.2) is 0 Å². The summed E-state index contributed by atoms with van der Waals surface area (Å²) in [6, 6.07) is 0. The van der Waals surface area contributed by atoms with Gasteiger partial charge in [0, 0.05) is 49.6 Å². The van der Waals surface area contributed by atoms with Gasteiger partial charge in [-0.3, -0.25) is 0 Å². The third-order valence-electron chi connectivity index (χ3n) is 14.4. The van der Waals surface area contributed by atoms with Gasteiger partial charge in [0.2, 0.25) is 0 Å². The SMILES string of the molecule is CO[C@@H]1C[C@@H](C[C@H]2CC[C@H](C)C([C@@H](C)C(=O)[O-])O2)O[C@]2(O[C@](C)(C3CC[C@@](C)(C4O[C@@H]([C@H]5O[C@@](O)(CO)[C@H](C)C[C@@H]5C)C[C@@H]4C)O3)C[C@H]2C)[C@@H]1C.[Na+]. The first-order valence-electron chi connectivity index (χ1n) is 20.0. The summed E-state index contributed by atoms with van der Waals surface area (Å²) >= 11 is 0. The Morgan fingerprint density at radius 3 is 2.25 bits per heavy atom. The van der Waals surface area contributed by atoms with E-state index < -0.39 is 41.3 Å². The van der Waals surface area contributed by atoms with Crippen molar-refractivity contribution in [2.45, 2.75) is 192 Å². The van der Waals surface area contributed by atoms with E-state index in [2.05, 4.69) is 48.5 Å². The van der Waals surface area contributed by atoms with Crippen LogP contribution in [0, 0.1) is 41.4 Å². The molecule has 12 heteroatoms. The summed E-state index contributed by atoms with van der Waals surface area (Å²) in [7, 11) is 1.76. The number of aliphatic hydroxyl groups excluding tert-OH is 1. The number of carbonyl (C=O) groups excluding carboxylic acids is 1. The first-order chi connectivity index (χ1) is 23.9. The maximum atomic E-state index is 11.7. The molecular weight excluding hydrogens is 679 g/mol. The summed E-state index contributed by atoms with van der Waals surface area (Å²) in [6.45, 7) is 18.3. The number of carbonyl (C=O) groups is 1. The zero-order chi connectivity index (χ0) is 37.3. The fourth-order valence-electron chi connectivity index (χ4n) is 11.3. The molecule has 1 spiro atoms. The zero-order valence-corrected chi connectivity index (χ0v) is 35.8. The van der Waals surface area contributed by atoms with E-state index in [0.29, 0.717) is 6.42 Å². The van der Waals surface area contributed by atoms with E-state index in [-0.39, 0.29) is 114 Å². The van der Waals surface area contributed by atoms with Gasteiger partial charge in [-0.1, -0.05) is 48.5 Å². The Morgan fingerprint density at radius 1 is 0.885 bits per heavy atom. The molecule has 6 fully saturated rings. The third kappa shape index (κ3) is 7.85. The molecule has 0 aromatic heterocycles. The van der Waals surface area contributed by atoms with Crippen LogP contribution in [0.25, 0.3) is 0 Å². The Labute approximate surface area is 334 Å². The smallest absolute Gasteiger partial charge is 0.550 e. The van der Waals surface area contributed by atoms with E-state index in [1.807, 2.05) is 6.92 Å². The van der Waals surface area contributed by atoms with Gasteiger partial charge in [-0.15, -0.1) is 0 Å². The second kappa shape index (κ2) is 16.2. The molecule has 2 N–H and O–H groups in total. The standard InChI is InChI=1S/C40H68O11.Na/c1-21-11-12-28(46-33(21)26(6)36(42)43)17-29-18-30(45-10)27(7)40(48-29)25(5)19-38(9,51-40)32-13-14-37(8,49-32)35-23(3)16-31(47-35)34-22(2)15-24(4)39(44,20-41)50-34;/h21-35,41,44H,11-20H2,1-10H3,(H,42,43);/q;+1/p-1/t21-,22-,23-,24+,25+,26+,27+,28+,29+,30+,31+,32?,33?,34-,35?,37-,38-,39-,40+;/m0./s1. The summed E-state index contributed by atoms with van der Waals surface area (Å²) in [5.74, 6) is -3.70. The van der Waals surface area contributed by atoms with Crippen molar-refractivity contribution >= 4 is 5.97 Å². The van der Waals surface area contributed by atoms with E-state index >= 15 is 0 Å². The molecule has 0 radical (unpaired) electrons. The summed E-state index contributed by atoms with van der Waals surface area (Å²) in [4.78, 5) is 11.7. The summed E-state index contributed by atoms with van der Waals surface area (Å²) in [6.07, 6.45) is 5.62. The predicted molar refractivity (Wildman–Crippen MR) is 186 cm³/mol. The van der Waals surface area contributed by atoms with E-state index in [0.717, 1.165) is 51.4 Å². The minimum Gasteiger partial charge on any atom is -0.550 e. The summed E-state index contributed by atoms with van der Waals surface area (Å²) in [5.41, 5.74) is -1.11. The van der Waals surface area contributed by atoms with Crippen LogP contribution < -0.4 is 34.7 Å². The monoisotopic (exact) mass is 746 g/mol. The van der Waals surface area contributed by atoms with Crippen LogP contribution in [-0.4, -0.2) is 102 Å². The Kier molecular flexibility index (Phi) is 13.4. The van der Waals surface area contributed by atoms with E-state index in [9.17, 15) is 20.1 Å². The number of hydrogen-bond donors (Lipinski definition) is 2. The van der Waals surface area contributed by atoms with Crippen molar-refractivity contribution in [2.75, 3.05) is 13.7 Å². The fraction of sp³-hybridized carbons (Fsp3) is 0.975. The first kappa shape index (κ1) is 43.2. The van der Waals surface area contributed by atoms with Crippen LogP contribution in [-0.2, 0) is 38.0 Å². The Morgan fingerprint density at radius 2 is 1.60 bits per heavy atom. The Hall–Kier alpha value is 0.110. The van der Waals surface area contributed by atoms with Crippen LogP contribution >= 0.6 is 0 Å². The zero-order valence-electron chi connectivity index (χ0n) is 33.8. The van der Waals surface area contributed by atoms with Crippen LogP contribution in [0.1, 0.15) is 120 Å². The van der Waals surface area contributed by atoms with Crippen molar-refractivity contribution in [2.24, 2.45) is 41.4 Å². The van der Waals surface area contributed by atoms with Crippen molar-refractivity contribution in [3.05, 3.63) is 0 Å². The van der Waals surface area contributed by atoms with Crippen LogP contribution in [0.2, 0.25) is 0 Å². The second-order valence-corrected chi connectivity index (χ2v) is 18.4. The molecule has 6 aliphatic rings. The van der Waals surface area contributed by atoms with E-state index in [4.69, 9.17) is 33.2 Å². The van der Waals surface area contributed by atoms with Gasteiger partial charge in [0.05, 0.1) is 66.6 Å². The van der Waals surface area contributed by atoms with Crippen molar-refractivity contribution < 1.29 is 82.8 Å². The molecule has 19 atom stereocenters. The molecular formula is C40H67NaO11. The molecule has 0 amide bonds. The molecule has 0 aromatic rings. The number of rotatable bonds is 9. The molecule has 3 unspecified atom stereocenters. The van der Waals surface area contributed by atoms with Crippen molar-refractivity contribution in [1.29, 1.82) is 0 Å². The van der Waals surface area contributed by atoms with Crippen LogP contribution in [0.15, 0.2) is 0 Å². The van der Waals surface area contributed by atoms with Crippen LogP contribution in [0.3, 0.4) is 0 Å². The summed E-state index contributed by atoms with van der Waals surface area (Å²) < 4.78 is 46.9. The molecule has 52 heavy (non-hydrogen) atoms. The average molecular weight is 747 g/mol. The van der Waals surface area contributed by atoms with Gasteiger partial charge < -0.3 is 53.3 Å². The molecule has 6 aliphatic heterocycles. The van der Waals surface area contributed by atoms with Gasteiger partial charge in [-0.2, -0.15) is 0 Å². The maximum absolute atomic E-state index is 11.7. The molecule has 0 aliphatic carbocycles. The first-order valence-corrected chi connectivity index (χ1v) is 20.0. The summed E-state index contributed by atoms with van der Waals surface area (Å²) in [5, 5.41) is 32.7. The number of aliphatic hydroxyl groups is 2. The van der Waals surface area contributed by atoms with Crippen LogP contribution in [0.5, 0.6) is 0 Å². The van der Waals surface area contributed by atoms with Gasteiger partial charge in [0.25, 0.3) is 0 Å². The number of carboxylic acids is 1. The Balaban J connectivity index is 0.00000523. The largest absolute Gasteiger partial charge is 1.00 e. The quantitative estimate of drug-likeness (QED) is 0.331. The second-order valence-electron chi connectivity index (χ2n) is 18.4. The third-order valence-corrected chi connectivity index (χ3v) is 14.4. The molecule has 0 aromatic carbocycles. The molecule has 0 saturated carbocycles. The van der Waals surface area contributed by atoms with Crippen LogP contribution in [0.4, 0.5) is 0 Å². The van der Waals surface area contributed by atoms with Crippen molar-refractivity contribution in [1.82, 2.24) is 0 Å². The fourth-order valence-corrected chi connectivity index (χ4v) is 11.3. The number of hydrogen-bond acceptors (Lipinski definition) is 11. The van der Waals surface area contributed by atoms with Gasteiger partial charge in [0.1, 0.15) is 0 Å².